The van der Waals surface area contributed by atoms with Gasteiger partial charge < -0.3 is 14.2 Å². The highest BCUT2D eigenvalue weighted by atomic mass is 16.5. The number of hydrogen-bond donors (Lipinski definition) is 0. The van der Waals surface area contributed by atoms with Gasteiger partial charge in [-0.2, -0.15) is 5.26 Å². The van der Waals surface area contributed by atoms with Crippen LogP contribution in [0.4, 0.5) is 0 Å². The third kappa shape index (κ3) is 4.65. The van der Waals surface area contributed by atoms with Crippen molar-refractivity contribution in [2.75, 3.05) is 13.1 Å². The van der Waals surface area contributed by atoms with Crippen LogP contribution in [0.15, 0.2) is 78.9 Å². The molecule has 34 heavy (non-hydrogen) atoms. The summed E-state index contributed by atoms with van der Waals surface area (Å²) in [5.41, 5.74) is 3.18. The number of benzene rings is 3. The predicted octanol–water partition coefficient (Wildman–Crippen LogP) is 5.04. The summed E-state index contributed by atoms with van der Waals surface area (Å²) < 4.78 is 8.28. The average Bonchev–Trinajstić information content (AvgIpc) is 3.25. The van der Waals surface area contributed by atoms with Crippen molar-refractivity contribution in [2.24, 2.45) is 5.92 Å². The lowest BCUT2D eigenvalue weighted by molar-refractivity contribution is 0.0682. The van der Waals surface area contributed by atoms with Gasteiger partial charge in [-0.05, 0) is 61.2 Å². The van der Waals surface area contributed by atoms with Crippen molar-refractivity contribution in [1.29, 1.82) is 5.26 Å². The number of hydrogen-bond acceptors (Lipinski definition) is 4. The van der Waals surface area contributed by atoms with Gasteiger partial charge in [-0.15, -0.1) is 0 Å². The smallest absolute Gasteiger partial charge is 0.253 e. The molecule has 1 aromatic heterocycles. The third-order valence-corrected chi connectivity index (χ3v) is 6.43. The second kappa shape index (κ2) is 9.80. The molecule has 6 heteroatoms. The van der Waals surface area contributed by atoms with E-state index in [-0.39, 0.29) is 5.91 Å². The number of rotatable bonds is 6. The number of imidazole rings is 1. The van der Waals surface area contributed by atoms with Crippen LogP contribution in [0.5, 0.6) is 5.75 Å². The molecular weight excluding hydrogens is 424 g/mol. The van der Waals surface area contributed by atoms with Gasteiger partial charge in [0.2, 0.25) is 0 Å². The van der Waals surface area contributed by atoms with Crippen molar-refractivity contribution in [2.45, 2.75) is 26.0 Å². The number of carbonyl (C=O) groups is 1. The fourth-order valence-electron chi connectivity index (χ4n) is 4.59. The van der Waals surface area contributed by atoms with Crippen LogP contribution in [0.3, 0.4) is 0 Å². The standard InChI is InChI=1S/C28H26N4O2/c29-18-22-7-6-8-23(17-22)28(33)31-15-13-21(14-16-31)19-32-26-12-5-4-11-25(26)30-27(32)20-34-24-9-2-1-3-10-24/h1-12,17,21H,13-16,19-20H2. The Kier molecular flexibility index (Phi) is 6.26. The maximum absolute atomic E-state index is 12.9. The fourth-order valence-corrected chi connectivity index (χ4v) is 4.59. The topological polar surface area (TPSA) is 71.2 Å². The first-order valence-electron chi connectivity index (χ1n) is 11.6. The highest BCUT2D eigenvalue weighted by Crippen LogP contribution is 2.25. The second-order valence-corrected chi connectivity index (χ2v) is 8.66. The zero-order valence-corrected chi connectivity index (χ0v) is 18.9. The molecule has 0 aliphatic carbocycles. The van der Waals surface area contributed by atoms with Crippen molar-refractivity contribution in [3.8, 4) is 11.8 Å². The third-order valence-electron chi connectivity index (χ3n) is 6.43. The first-order valence-corrected chi connectivity index (χ1v) is 11.6. The van der Waals surface area contributed by atoms with E-state index in [1.165, 1.54) is 0 Å². The van der Waals surface area contributed by atoms with Crippen molar-refractivity contribution < 1.29 is 9.53 Å². The van der Waals surface area contributed by atoms with E-state index in [1.54, 1.807) is 24.3 Å². The minimum Gasteiger partial charge on any atom is -0.486 e. The van der Waals surface area contributed by atoms with Crippen LogP contribution in [0.25, 0.3) is 11.0 Å². The largest absolute Gasteiger partial charge is 0.486 e. The van der Waals surface area contributed by atoms with Gasteiger partial charge in [-0.3, -0.25) is 4.79 Å². The van der Waals surface area contributed by atoms with Gasteiger partial charge in [0.15, 0.2) is 0 Å². The van der Waals surface area contributed by atoms with Crippen LogP contribution in [0.2, 0.25) is 0 Å². The van der Waals surface area contributed by atoms with E-state index in [0.717, 1.165) is 42.0 Å². The summed E-state index contributed by atoms with van der Waals surface area (Å²) >= 11 is 0. The number of likely N-dealkylation sites (tertiary alicyclic amines) is 1. The molecule has 1 saturated heterocycles. The highest BCUT2D eigenvalue weighted by Gasteiger charge is 2.25. The van der Waals surface area contributed by atoms with Crippen LogP contribution in [0, 0.1) is 17.2 Å². The summed E-state index contributed by atoms with van der Waals surface area (Å²) in [7, 11) is 0. The van der Waals surface area contributed by atoms with Crippen LogP contribution >= 0.6 is 0 Å². The van der Waals surface area contributed by atoms with Crippen LogP contribution in [-0.4, -0.2) is 33.4 Å². The normalized spacial score (nSPS) is 14.1. The Labute approximate surface area is 199 Å². The summed E-state index contributed by atoms with van der Waals surface area (Å²) in [6.45, 7) is 2.68. The van der Waals surface area contributed by atoms with Gasteiger partial charge in [0, 0.05) is 25.2 Å². The first-order chi connectivity index (χ1) is 16.7. The molecule has 5 rings (SSSR count). The lowest BCUT2D eigenvalue weighted by Gasteiger charge is -2.32. The van der Waals surface area contributed by atoms with Crippen molar-refractivity contribution in [3.63, 3.8) is 0 Å². The van der Waals surface area contributed by atoms with Gasteiger partial charge >= 0.3 is 0 Å². The average molecular weight is 451 g/mol. The number of carbonyl (C=O) groups excluding carboxylic acids is 1. The summed E-state index contributed by atoms with van der Waals surface area (Å²) in [5, 5.41) is 9.12. The van der Waals surface area contributed by atoms with Crippen LogP contribution in [0.1, 0.15) is 34.6 Å². The summed E-state index contributed by atoms with van der Waals surface area (Å²) in [6, 6.07) is 27.0. The molecule has 2 heterocycles. The number of nitriles is 1. The Balaban J connectivity index is 1.27. The molecule has 1 amide bonds. The Morgan fingerprint density at radius 3 is 2.56 bits per heavy atom. The monoisotopic (exact) mass is 450 g/mol. The van der Waals surface area contributed by atoms with Gasteiger partial charge in [0.05, 0.1) is 22.7 Å². The number of piperidine rings is 1. The minimum atomic E-state index is 0.000538. The van der Waals surface area contributed by atoms with E-state index >= 15 is 0 Å². The second-order valence-electron chi connectivity index (χ2n) is 8.66. The SMILES string of the molecule is N#Cc1cccc(C(=O)N2CCC(Cn3c(COc4ccccc4)nc4ccccc43)CC2)c1. The number of ether oxygens (including phenoxy) is 1. The number of fused-ring (bicyclic) bond motifs is 1. The van der Waals surface area contributed by atoms with E-state index in [1.807, 2.05) is 53.4 Å². The van der Waals surface area contributed by atoms with Gasteiger partial charge in [0.1, 0.15) is 18.2 Å². The lowest BCUT2D eigenvalue weighted by atomic mass is 9.96. The number of aromatic nitrogens is 2. The van der Waals surface area contributed by atoms with Crippen LogP contribution in [-0.2, 0) is 13.2 Å². The molecule has 1 aliphatic heterocycles. The molecule has 0 atom stereocenters. The molecule has 170 valence electrons. The van der Waals surface area contributed by atoms with Crippen molar-refractivity contribution in [1.82, 2.24) is 14.5 Å². The zero-order chi connectivity index (χ0) is 23.3. The molecule has 0 radical (unpaired) electrons. The van der Waals surface area contributed by atoms with E-state index in [0.29, 0.717) is 36.7 Å². The molecule has 0 saturated carbocycles. The molecule has 3 aromatic carbocycles. The summed E-state index contributed by atoms with van der Waals surface area (Å²) in [6.07, 6.45) is 1.85. The molecule has 0 bridgehead atoms. The molecule has 0 N–H and O–H groups in total. The Morgan fingerprint density at radius 1 is 1.00 bits per heavy atom. The molecule has 1 aliphatic rings. The molecule has 0 unspecified atom stereocenters. The van der Waals surface area contributed by atoms with Gasteiger partial charge in [-0.25, -0.2) is 4.98 Å². The van der Waals surface area contributed by atoms with Gasteiger partial charge in [-0.1, -0.05) is 36.4 Å². The molecule has 6 nitrogen and oxygen atoms in total. The maximum atomic E-state index is 12.9. The molecule has 0 spiro atoms. The quantitative estimate of drug-likeness (QED) is 0.413. The van der Waals surface area contributed by atoms with Crippen LogP contribution < -0.4 is 4.74 Å². The molecule has 1 fully saturated rings. The first kappa shape index (κ1) is 21.7. The Bertz CT molecular complexity index is 1330. The maximum Gasteiger partial charge on any atom is 0.253 e. The minimum absolute atomic E-state index is 0.000538. The van der Waals surface area contributed by atoms with Gasteiger partial charge in [0.25, 0.3) is 5.91 Å². The van der Waals surface area contributed by atoms with E-state index < -0.39 is 0 Å². The zero-order valence-electron chi connectivity index (χ0n) is 18.9. The predicted molar refractivity (Wildman–Crippen MR) is 130 cm³/mol. The summed E-state index contributed by atoms with van der Waals surface area (Å²) in [5.74, 6) is 2.19. The lowest BCUT2D eigenvalue weighted by Crippen LogP contribution is -2.39. The number of para-hydroxylation sites is 3. The highest BCUT2D eigenvalue weighted by molar-refractivity contribution is 5.94. The fraction of sp³-hybridized carbons (Fsp3) is 0.250. The van der Waals surface area contributed by atoms with Crippen molar-refractivity contribution >= 4 is 16.9 Å². The Morgan fingerprint density at radius 2 is 1.76 bits per heavy atom. The number of nitrogens with zero attached hydrogens (tertiary/aromatic N) is 4. The molecular formula is C28H26N4O2. The van der Waals surface area contributed by atoms with Crippen molar-refractivity contribution in [3.05, 3.63) is 95.8 Å². The van der Waals surface area contributed by atoms with E-state index in [2.05, 4.69) is 16.7 Å². The van der Waals surface area contributed by atoms with E-state index in [9.17, 15) is 4.79 Å². The van der Waals surface area contributed by atoms with E-state index in [4.69, 9.17) is 15.0 Å². The Hall–Kier alpha value is -4.11. The molecule has 4 aromatic rings. The number of amides is 1. The summed E-state index contributed by atoms with van der Waals surface area (Å²) in [4.78, 5) is 19.7.